The molecule has 18 heteroatoms. The van der Waals surface area contributed by atoms with Gasteiger partial charge in [-0.3, -0.25) is 28.8 Å². The van der Waals surface area contributed by atoms with Gasteiger partial charge in [-0.1, -0.05) is 91.0 Å². The van der Waals surface area contributed by atoms with E-state index in [1.807, 2.05) is 84.9 Å². The fourth-order valence-corrected chi connectivity index (χ4v) is 8.58. The summed E-state index contributed by atoms with van der Waals surface area (Å²) in [6, 6.07) is 24.7. The number of unbranched alkanes of at least 4 members (excludes halogenated alkanes) is 1. The molecule has 6 atom stereocenters. The zero-order valence-corrected chi connectivity index (χ0v) is 39.0. The smallest absolute Gasteiger partial charge is 0.407 e. The van der Waals surface area contributed by atoms with Gasteiger partial charge >= 0.3 is 6.09 Å². The molecule has 70 heavy (non-hydrogen) atoms. The molecule has 0 aliphatic carbocycles. The summed E-state index contributed by atoms with van der Waals surface area (Å²) < 4.78 is 11.3. The highest BCUT2D eigenvalue weighted by Crippen LogP contribution is 2.22. The number of nitrogens with zero attached hydrogens (tertiary/aromatic N) is 1. The zero-order chi connectivity index (χ0) is 49.4. The van der Waals surface area contributed by atoms with Crippen LogP contribution in [-0.4, -0.2) is 112 Å². The summed E-state index contributed by atoms with van der Waals surface area (Å²) >= 11 is 0. The Hall–Kier alpha value is -7.73. The van der Waals surface area contributed by atoms with Crippen molar-refractivity contribution in [2.45, 2.75) is 101 Å². The normalized spacial score (nSPS) is 21.6. The zero-order valence-electron chi connectivity index (χ0n) is 39.0. The predicted octanol–water partition coefficient (Wildman–Crippen LogP) is 3.42. The van der Waals surface area contributed by atoms with Crippen molar-refractivity contribution in [3.63, 3.8) is 0 Å². The van der Waals surface area contributed by atoms with Gasteiger partial charge in [-0.05, 0) is 79.5 Å². The van der Waals surface area contributed by atoms with E-state index in [2.05, 4.69) is 36.9 Å². The minimum atomic E-state index is -1.32. The maximum Gasteiger partial charge on any atom is 0.407 e. The van der Waals surface area contributed by atoms with Gasteiger partial charge in [-0.25, -0.2) is 4.79 Å². The van der Waals surface area contributed by atoms with Gasteiger partial charge in [0.05, 0.1) is 13.2 Å². The molecule has 8 N–H and O–H groups in total. The lowest BCUT2D eigenvalue weighted by atomic mass is 10.0. The van der Waals surface area contributed by atoms with Gasteiger partial charge in [0.25, 0.3) is 0 Å². The van der Waals surface area contributed by atoms with Gasteiger partial charge in [-0.2, -0.15) is 0 Å². The lowest BCUT2D eigenvalue weighted by molar-refractivity contribution is -0.142. The number of phenolic OH excluding ortho intramolecular Hbond substituents is 1. The second-order valence-corrected chi connectivity index (χ2v) is 17.6. The van der Waals surface area contributed by atoms with E-state index in [0.29, 0.717) is 36.8 Å². The number of H-pyrrole nitrogens is 1. The molecule has 368 valence electrons. The number of aromatic hydroxyl groups is 1. The third-order valence-electron chi connectivity index (χ3n) is 12.4. The van der Waals surface area contributed by atoms with E-state index in [9.17, 15) is 38.7 Å². The first kappa shape index (κ1) is 50.2. The van der Waals surface area contributed by atoms with E-state index in [-0.39, 0.29) is 57.9 Å². The molecular formula is C52H60N8O10. The lowest BCUT2D eigenvalue weighted by Crippen LogP contribution is -2.62. The van der Waals surface area contributed by atoms with Crippen molar-refractivity contribution < 1.29 is 48.1 Å². The fourth-order valence-electron chi connectivity index (χ4n) is 8.58. The van der Waals surface area contributed by atoms with Gasteiger partial charge in [0.15, 0.2) is 0 Å². The number of para-hydroxylation sites is 1. The van der Waals surface area contributed by atoms with Crippen molar-refractivity contribution in [3.8, 4) is 5.75 Å². The third kappa shape index (κ3) is 13.9. The number of hydrogen-bond donors (Lipinski definition) is 8. The molecule has 0 saturated carbocycles. The number of hydrogen-bond acceptors (Lipinski definition) is 10. The van der Waals surface area contributed by atoms with E-state index in [1.54, 1.807) is 18.3 Å². The van der Waals surface area contributed by atoms with Crippen LogP contribution in [0.5, 0.6) is 5.75 Å². The topological polar surface area (TPSA) is 249 Å². The number of fused-ring (bicyclic) bond motifs is 2. The minimum absolute atomic E-state index is 0.00703. The van der Waals surface area contributed by atoms with Gasteiger partial charge in [0, 0.05) is 43.0 Å². The molecule has 7 rings (SSSR count). The number of amides is 7. The molecule has 2 fully saturated rings. The van der Waals surface area contributed by atoms with Crippen molar-refractivity contribution >= 4 is 52.4 Å². The highest BCUT2D eigenvalue weighted by atomic mass is 16.5. The summed E-state index contributed by atoms with van der Waals surface area (Å²) in [4.78, 5) is 103. The number of alkyl carbamates (subject to hydrolysis) is 1. The molecule has 2 aliphatic heterocycles. The third-order valence-corrected chi connectivity index (χ3v) is 12.4. The number of aromatic amines is 1. The minimum Gasteiger partial charge on any atom is -0.508 e. The number of nitrogens with one attached hydrogen (secondary N) is 7. The number of carbonyl (C=O) groups is 7. The molecule has 0 unspecified atom stereocenters. The van der Waals surface area contributed by atoms with Crippen LogP contribution in [0.15, 0.2) is 115 Å². The van der Waals surface area contributed by atoms with E-state index in [4.69, 9.17) is 9.47 Å². The number of ether oxygens (including phenoxy) is 2. The van der Waals surface area contributed by atoms with Crippen LogP contribution < -0.4 is 31.9 Å². The molecule has 3 heterocycles. The van der Waals surface area contributed by atoms with Crippen molar-refractivity contribution in [1.82, 2.24) is 41.8 Å². The second kappa shape index (κ2) is 24.5. The predicted molar refractivity (Wildman–Crippen MR) is 258 cm³/mol. The number of aromatic nitrogens is 1. The van der Waals surface area contributed by atoms with E-state index in [1.165, 1.54) is 24.0 Å². The Morgan fingerprint density at radius 1 is 0.657 bits per heavy atom. The maximum absolute atomic E-state index is 14.8. The van der Waals surface area contributed by atoms with Crippen molar-refractivity contribution in [2.75, 3.05) is 19.7 Å². The number of carbonyl (C=O) groups excluding carboxylic acids is 7. The molecular weight excluding hydrogens is 897 g/mol. The van der Waals surface area contributed by atoms with Gasteiger partial charge in [0.2, 0.25) is 35.4 Å². The monoisotopic (exact) mass is 956 g/mol. The van der Waals surface area contributed by atoms with Crippen LogP contribution in [-0.2, 0) is 64.3 Å². The Balaban J connectivity index is 1.18. The quantitative estimate of drug-likeness (QED) is 0.0711. The Bertz CT molecular complexity index is 2590. The van der Waals surface area contributed by atoms with Gasteiger partial charge in [-0.15, -0.1) is 0 Å². The van der Waals surface area contributed by atoms with E-state index >= 15 is 0 Å². The average Bonchev–Trinajstić information content (AvgIpc) is 4.03. The number of phenols is 1. The van der Waals surface area contributed by atoms with Crippen LogP contribution in [0.3, 0.4) is 0 Å². The standard InChI is InChI=1S/C52H60N8O10/c1-33-51(67)60-26-12-20-45(60)50(66)59-44(32-69-30-35-13-4-2-5-14-35)49(65)58-43(28-37-29-54-40-18-9-8-17-39(37)40)48(64)56-41(19-10-11-25-53-52(68)70-31-36-15-6-3-7-16-36)46(62)57-42(47(63)55-33)27-34-21-23-38(61)24-22-34/h2-9,13-18,21-24,29,33,41-45,54,61H,10-12,19-20,25-28,30-32H2,1H3,(H,53,68)(H,55,63)(H,56,64)(H,57,62)(H,58,65)(H,59,66)/t33-,41-,42-,43-,44-,45+/m0/s1. The van der Waals surface area contributed by atoms with Crippen LogP contribution in [0.2, 0.25) is 0 Å². The summed E-state index contributed by atoms with van der Waals surface area (Å²) in [5.74, 6) is -4.04. The summed E-state index contributed by atoms with van der Waals surface area (Å²) in [6.45, 7) is 1.79. The Morgan fingerprint density at radius 2 is 1.26 bits per heavy atom. The van der Waals surface area contributed by atoms with Crippen LogP contribution in [0.1, 0.15) is 61.3 Å². The molecule has 0 radical (unpaired) electrons. The van der Waals surface area contributed by atoms with Crippen molar-refractivity contribution in [3.05, 3.63) is 138 Å². The number of benzene rings is 4. The maximum atomic E-state index is 14.8. The summed E-state index contributed by atoms with van der Waals surface area (Å²) in [6.07, 6.45) is 2.50. The van der Waals surface area contributed by atoms with Crippen LogP contribution in [0.4, 0.5) is 4.79 Å². The SMILES string of the molecule is C[C@@H]1NC(=O)[C@H](Cc2ccc(O)cc2)NC(=O)[C@H](CCCCNC(=O)OCc2ccccc2)NC(=O)[C@H](Cc2c[nH]c3ccccc23)NC(=O)[C@H](COCc2ccccc2)NC(=O)[C@H]2CCCN2C1=O. The van der Waals surface area contributed by atoms with Gasteiger partial charge < -0.3 is 56.4 Å². The van der Waals surface area contributed by atoms with Crippen molar-refractivity contribution in [2.24, 2.45) is 0 Å². The molecule has 2 aliphatic rings. The van der Waals surface area contributed by atoms with Gasteiger partial charge in [0.1, 0.15) is 48.6 Å². The molecule has 5 aromatic rings. The molecule has 18 nitrogen and oxygen atoms in total. The average molecular weight is 957 g/mol. The first-order valence-corrected chi connectivity index (χ1v) is 23.6. The molecule has 0 spiro atoms. The van der Waals surface area contributed by atoms with E-state index < -0.39 is 77.8 Å². The first-order chi connectivity index (χ1) is 33.9. The summed E-state index contributed by atoms with van der Waals surface area (Å²) in [7, 11) is 0. The highest BCUT2D eigenvalue weighted by Gasteiger charge is 2.40. The fraction of sp³-hybridized carbons (Fsp3) is 0.365. The van der Waals surface area contributed by atoms with Crippen LogP contribution in [0.25, 0.3) is 10.9 Å². The Kier molecular flexibility index (Phi) is 17.6. The highest BCUT2D eigenvalue weighted by molar-refractivity contribution is 5.99. The molecule has 2 saturated heterocycles. The first-order valence-electron chi connectivity index (χ1n) is 23.6. The summed E-state index contributed by atoms with van der Waals surface area (Å²) in [5.41, 5.74) is 3.69. The largest absolute Gasteiger partial charge is 0.508 e. The Labute approximate surface area is 405 Å². The Morgan fingerprint density at radius 3 is 1.99 bits per heavy atom. The summed E-state index contributed by atoms with van der Waals surface area (Å²) in [5, 5.41) is 27.5. The number of rotatable bonds is 15. The lowest BCUT2D eigenvalue weighted by Gasteiger charge is -2.31. The molecule has 1 aromatic heterocycles. The van der Waals surface area contributed by atoms with E-state index in [0.717, 1.165) is 22.0 Å². The molecule has 4 aromatic carbocycles. The van der Waals surface area contributed by atoms with Crippen molar-refractivity contribution in [1.29, 1.82) is 0 Å². The molecule has 0 bridgehead atoms. The van der Waals surface area contributed by atoms with Crippen LogP contribution in [0, 0.1) is 0 Å². The van der Waals surface area contributed by atoms with Crippen LogP contribution >= 0.6 is 0 Å². The molecule has 7 amide bonds. The second-order valence-electron chi connectivity index (χ2n) is 17.6.